The van der Waals surface area contributed by atoms with E-state index in [1.165, 1.54) is 0 Å². The Morgan fingerprint density at radius 2 is 2.00 bits per heavy atom. The molecule has 18 heavy (non-hydrogen) atoms. The van der Waals surface area contributed by atoms with Crippen LogP contribution in [0, 0.1) is 17.6 Å². The van der Waals surface area contributed by atoms with Crippen LogP contribution in [-0.4, -0.2) is 19.0 Å². The number of nitrogens with one attached hydrogen (secondary N) is 2. The van der Waals surface area contributed by atoms with Crippen molar-refractivity contribution >= 4 is 27.5 Å². The Hall–Kier alpha value is -1.01. The van der Waals surface area contributed by atoms with Crippen molar-refractivity contribution in [3.8, 4) is 0 Å². The van der Waals surface area contributed by atoms with E-state index in [1.54, 1.807) is 0 Å². The number of benzene rings is 1. The average molecular weight is 319 g/mol. The fourth-order valence-corrected chi connectivity index (χ4v) is 2.48. The minimum absolute atomic E-state index is 0.0000624. The van der Waals surface area contributed by atoms with Gasteiger partial charge in [0.2, 0.25) is 5.91 Å². The lowest BCUT2D eigenvalue weighted by atomic mass is 9.97. The number of carbonyl (C=O) groups excluding carboxylic acids is 1. The SMILES string of the molecule is O=C(Nc1c(F)cc(F)cc1Br)C1CCNCC1. The second-order valence-electron chi connectivity index (χ2n) is 4.26. The molecule has 1 saturated heterocycles. The first-order chi connectivity index (χ1) is 8.58. The van der Waals surface area contributed by atoms with Gasteiger partial charge in [-0.15, -0.1) is 0 Å². The van der Waals surface area contributed by atoms with Crippen molar-refractivity contribution in [2.75, 3.05) is 18.4 Å². The van der Waals surface area contributed by atoms with Crippen LogP contribution < -0.4 is 10.6 Å². The lowest BCUT2D eigenvalue weighted by molar-refractivity contribution is -0.120. The van der Waals surface area contributed by atoms with Crippen LogP contribution in [0.3, 0.4) is 0 Å². The predicted molar refractivity (Wildman–Crippen MR) is 68.3 cm³/mol. The summed E-state index contributed by atoms with van der Waals surface area (Å²) < 4.78 is 26.7. The van der Waals surface area contributed by atoms with Crippen LogP contribution in [0.1, 0.15) is 12.8 Å². The number of carbonyl (C=O) groups is 1. The largest absolute Gasteiger partial charge is 0.322 e. The van der Waals surface area contributed by atoms with Crippen molar-refractivity contribution < 1.29 is 13.6 Å². The van der Waals surface area contributed by atoms with Crippen molar-refractivity contribution in [2.24, 2.45) is 5.92 Å². The zero-order valence-corrected chi connectivity index (χ0v) is 11.2. The molecule has 1 fully saturated rings. The van der Waals surface area contributed by atoms with E-state index in [-0.39, 0.29) is 22.0 Å². The molecule has 0 spiro atoms. The normalized spacial score (nSPS) is 16.6. The van der Waals surface area contributed by atoms with Crippen LogP contribution >= 0.6 is 15.9 Å². The molecular weight excluding hydrogens is 306 g/mol. The van der Waals surface area contributed by atoms with E-state index in [2.05, 4.69) is 26.6 Å². The molecule has 2 N–H and O–H groups in total. The van der Waals surface area contributed by atoms with Crippen LogP contribution in [0.25, 0.3) is 0 Å². The van der Waals surface area contributed by atoms with Gasteiger partial charge in [0, 0.05) is 16.5 Å². The molecule has 1 aromatic rings. The van der Waals surface area contributed by atoms with Gasteiger partial charge in [-0.05, 0) is 47.9 Å². The maximum absolute atomic E-state index is 13.5. The van der Waals surface area contributed by atoms with E-state index in [9.17, 15) is 13.6 Å². The second-order valence-corrected chi connectivity index (χ2v) is 5.11. The van der Waals surface area contributed by atoms with Crippen LogP contribution in [0.15, 0.2) is 16.6 Å². The minimum atomic E-state index is -0.774. The maximum atomic E-state index is 13.5. The number of rotatable bonds is 2. The summed E-state index contributed by atoms with van der Waals surface area (Å²) in [7, 11) is 0. The highest BCUT2D eigenvalue weighted by atomic mass is 79.9. The summed E-state index contributed by atoms with van der Waals surface area (Å²) in [6.45, 7) is 1.57. The van der Waals surface area contributed by atoms with Crippen molar-refractivity contribution in [1.82, 2.24) is 5.32 Å². The summed E-state index contributed by atoms with van der Waals surface area (Å²) in [5.74, 6) is -1.80. The van der Waals surface area contributed by atoms with Gasteiger partial charge in [0.15, 0.2) is 5.82 Å². The molecule has 0 unspecified atom stereocenters. The van der Waals surface area contributed by atoms with E-state index in [0.29, 0.717) is 0 Å². The standard InChI is InChI=1S/C12H13BrF2N2O/c13-9-5-8(14)6-10(15)11(9)17-12(18)7-1-3-16-4-2-7/h5-7,16H,1-4H2,(H,17,18). The number of anilines is 1. The summed E-state index contributed by atoms with van der Waals surface area (Å²) in [4.78, 5) is 11.9. The third-order valence-corrected chi connectivity index (χ3v) is 3.59. The van der Waals surface area contributed by atoms with E-state index >= 15 is 0 Å². The van der Waals surface area contributed by atoms with Gasteiger partial charge in [0.05, 0.1) is 5.69 Å². The smallest absolute Gasteiger partial charge is 0.227 e. The molecule has 1 heterocycles. The molecule has 0 radical (unpaired) electrons. The molecular formula is C12H13BrF2N2O. The van der Waals surface area contributed by atoms with Crippen LogP contribution in [-0.2, 0) is 4.79 Å². The van der Waals surface area contributed by atoms with Crippen LogP contribution in [0.4, 0.5) is 14.5 Å². The summed E-state index contributed by atoms with van der Waals surface area (Å²) in [5, 5.41) is 5.67. The molecule has 1 aliphatic heterocycles. The number of hydrogen-bond donors (Lipinski definition) is 2. The third-order valence-electron chi connectivity index (χ3n) is 2.97. The topological polar surface area (TPSA) is 41.1 Å². The molecule has 98 valence electrons. The van der Waals surface area contributed by atoms with Crippen LogP contribution in [0.5, 0.6) is 0 Å². The average Bonchev–Trinajstić information content (AvgIpc) is 2.34. The van der Waals surface area contributed by atoms with E-state index in [4.69, 9.17) is 0 Å². The highest BCUT2D eigenvalue weighted by molar-refractivity contribution is 9.10. The molecule has 3 nitrogen and oxygen atoms in total. The molecule has 0 aliphatic carbocycles. The highest BCUT2D eigenvalue weighted by Crippen LogP contribution is 2.28. The number of halogens is 3. The van der Waals surface area contributed by atoms with Gasteiger partial charge in [-0.3, -0.25) is 4.79 Å². The highest BCUT2D eigenvalue weighted by Gasteiger charge is 2.22. The Balaban J connectivity index is 2.11. The third kappa shape index (κ3) is 3.05. The summed E-state index contributed by atoms with van der Waals surface area (Å²) >= 11 is 3.04. The molecule has 0 bridgehead atoms. The number of amides is 1. The fraction of sp³-hybridized carbons (Fsp3) is 0.417. The van der Waals surface area contributed by atoms with E-state index < -0.39 is 11.6 Å². The lowest BCUT2D eigenvalue weighted by Gasteiger charge is -2.22. The molecule has 1 aliphatic rings. The zero-order valence-electron chi connectivity index (χ0n) is 9.60. The minimum Gasteiger partial charge on any atom is -0.322 e. The quantitative estimate of drug-likeness (QED) is 0.880. The molecule has 1 amide bonds. The van der Waals surface area contributed by atoms with Gasteiger partial charge in [0.1, 0.15) is 5.82 Å². The number of piperidine rings is 1. The van der Waals surface area contributed by atoms with Crippen molar-refractivity contribution in [1.29, 1.82) is 0 Å². The maximum Gasteiger partial charge on any atom is 0.227 e. The monoisotopic (exact) mass is 318 g/mol. The summed E-state index contributed by atoms with van der Waals surface area (Å²) in [6.07, 6.45) is 1.46. The van der Waals surface area contributed by atoms with Crippen LogP contribution in [0.2, 0.25) is 0 Å². The summed E-state index contributed by atoms with van der Waals surface area (Å²) in [5.41, 5.74) is -0.0000624. The Bertz CT molecular complexity index is 438. The molecule has 6 heteroatoms. The summed E-state index contributed by atoms with van der Waals surface area (Å²) in [6, 6.07) is 1.88. The molecule has 2 rings (SSSR count). The number of hydrogen-bond acceptors (Lipinski definition) is 2. The Labute approximate surface area is 112 Å². The van der Waals surface area contributed by atoms with E-state index in [1.807, 2.05) is 0 Å². The van der Waals surface area contributed by atoms with Gasteiger partial charge in [0.25, 0.3) is 0 Å². The zero-order chi connectivity index (χ0) is 13.1. The Morgan fingerprint density at radius 1 is 1.33 bits per heavy atom. The first kappa shape index (κ1) is 13.4. The van der Waals surface area contributed by atoms with Gasteiger partial charge in [-0.1, -0.05) is 0 Å². The van der Waals surface area contributed by atoms with Crippen molar-refractivity contribution in [3.63, 3.8) is 0 Å². The van der Waals surface area contributed by atoms with Crippen molar-refractivity contribution in [3.05, 3.63) is 28.2 Å². The van der Waals surface area contributed by atoms with E-state index in [0.717, 1.165) is 38.1 Å². The first-order valence-electron chi connectivity index (χ1n) is 5.74. The molecule has 0 aromatic heterocycles. The Kier molecular flexibility index (Phi) is 4.29. The molecule has 0 saturated carbocycles. The molecule has 0 atom stereocenters. The van der Waals surface area contributed by atoms with Gasteiger partial charge < -0.3 is 10.6 Å². The van der Waals surface area contributed by atoms with Gasteiger partial charge in [-0.25, -0.2) is 8.78 Å². The Morgan fingerprint density at radius 3 is 2.61 bits per heavy atom. The fourth-order valence-electron chi connectivity index (χ4n) is 1.97. The first-order valence-corrected chi connectivity index (χ1v) is 6.53. The predicted octanol–water partition coefficient (Wildman–Crippen LogP) is 2.67. The van der Waals surface area contributed by atoms with Crippen molar-refractivity contribution in [2.45, 2.75) is 12.8 Å². The van der Waals surface area contributed by atoms with Gasteiger partial charge in [-0.2, -0.15) is 0 Å². The second kappa shape index (κ2) is 5.75. The molecule has 1 aromatic carbocycles. The van der Waals surface area contributed by atoms with Gasteiger partial charge >= 0.3 is 0 Å². The lowest BCUT2D eigenvalue weighted by Crippen LogP contribution is -2.34.